The molecule has 4 nitrogen and oxygen atoms in total. The summed E-state index contributed by atoms with van der Waals surface area (Å²) < 4.78 is 5.64. The molecule has 0 bridgehead atoms. The number of halogens is 2. The van der Waals surface area contributed by atoms with Gasteiger partial charge < -0.3 is 9.84 Å². The highest BCUT2D eigenvalue weighted by molar-refractivity contribution is 6.35. The number of benzene rings is 1. The molecule has 0 aliphatic carbocycles. The van der Waals surface area contributed by atoms with Crippen molar-refractivity contribution in [2.24, 2.45) is 0 Å². The Hall–Kier alpha value is -0.520. The van der Waals surface area contributed by atoms with Gasteiger partial charge in [0.15, 0.2) is 0 Å². The summed E-state index contributed by atoms with van der Waals surface area (Å²) in [6.45, 7) is 5.42. The van der Waals surface area contributed by atoms with Crippen molar-refractivity contribution in [3.05, 3.63) is 28.2 Å². The molecule has 1 aromatic rings. The lowest BCUT2D eigenvalue weighted by molar-refractivity contribution is 0.0658. The zero-order valence-electron chi connectivity index (χ0n) is 13.3. The lowest BCUT2D eigenvalue weighted by Crippen LogP contribution is -2.41. The van der Waals surface area contributed by atoms with Crippen LogP contribution in [0.2, 0.25) is 10.0 Å². The number of ether oxygens (including phenoxy) is 1. The summed E-state index contributed by atoms with van der Waals surface area (Å²) in [7, 11) is 0. The third kappa shape index (κ3) is 4.74. The Morgan fingerprint density at radius 1 is 1.22 bits per heavy atom. The van der Waals surface area contributed by atoms with Crippen LogP contribution >= 0.6 is 23.2 Å². The Balaban J connectivity index is 1.47. The maximum Gasteiger partial charge on any atom is 0.138 e. The number of aliphatic hydroxyl groups is 1. The summed E-state index contributed by atoms with van der Waals surface area (Å²) in [4.78, 5) is 4.96. The molecule has 2 aliphatic rings. The van der Waals surface area contributed by atoms with Crippen LogP contribution in [0.25, 0.3) is 0 Å². The normalized spacial score (nSPS) is 24.2. The van der Waals surface area contributed by atoms with Crippen LogP contribution in [-0.4, -0.2) is 66.4 Å². The summed E-state index contributed by atoms with van der Waals surface area (Å²) in [5.74, 6) is 0.563. The molecule has 23 heavy (non-hydrogen) atoms. The highest BCUT2D eigenvalue weighted by atomic mass is 35.5. The quantitative estimate of drug-likeness (QED) is 0.877. The van der Waals surface area contributed by atoms with E-state index in [9.17, 15) is 5.11 Å². The fraction of sp³-hybridized carbons (Fsp3) is 0.647. The van der Waals surface area contributed by atoms with Gasteiger partial charge in [-0.25, -0.2) is 0 Å². The second-order valence-electron chi connectivity index (χ2n) is 6.48. The smallest absolute Gasteiger partial charge is 0.138 e. The topological polar surface area (TPSA) is 35.9 Å². The van der Waals surface area contributed by atoms with Gasteiger partial charge in [-0.05, 0) is 57.1 Å². The van der Waals surface area contributed by atoms with Gasteiger partial charge in [-0.15, -0.1) is 0 Å². The van der Waals surface area contributed by atoms with Gasteiger partial charge in [-0.2, -0.15) is 0 Å². The van der Waals surface area contributed by atoms with Crippen molar-refractivity contribution in [2.75, 3.05) is 39.3 Å². The van der Waals surface area contributed by atoms with Crippen LogP contribution in [0, 0.1) is 0 Å². The average molecular weight is 359 g/mol. The number of aliphatic hydroxyl groups excluding tert-OH is 1. The first-order valence-corrected chi connectivity index (χ1v) is 9.10. The monoisotopic (exact) mass is 358 g/mol. The number of β-amino-alcohol motifs (C(OH)–C–C–N with tert-alkyl or cyclic N) is 1. The Labute approximate surface area is 147 Å². The van der Waals surface area contributed by atoms with Gasteiger partial charge in [0.25, 0.3) is 0 Å². The molecule has 2 unspecified atom stereocenters. The molecule has 2 heterocycles. The third-order valence-electron chi connectivity index (χ3n) is 4.68. The molecule has 3 rings (SSSR count). The first kappa shape index (κ1) is 17.3. The van der Waals surface area contributed by atoms with Crippen LogP contribution in [0.3, 0.4) is 0 Å². The predicted octanol–water partition coefficient (Wildman–Crippen LogP) is 2.90. The number of fused-ring (bicyclic) bond motifs is 1. The Bertz CT molecular complexity index is 529. The molecule has 2 fully saturated rings. The van der Waals surface area contributed by atoms with E-state index in [4.69, 9.17) is 27.9 Å². The molecule has 0 spiro atoms. The number of rotatable bonds is 5. The van der Waals surface area contributed by atoms with E-state index in [0.717, 1.165) is 13.1 Å². The van der Waals surface area contributed by atoms with Gasteiger partial charge in [-0.1, -0.05) is 23.2 Å². The molecule has 2 atom stereocenters. The number of hydrogen-bond donors (Lipinski definition) is 1. The first-order chi connectivity index (χ1) is 11.1. The van der Waals surface area contributed by atoms with E-state index in [1.165, 1.54) is 32.4 Å². The zero-order valence-corrected chi connectivity index (χ0v) is 14.8. The number of nitrogens with zero attached hydrogens (tertiary/aromatic N) is 2. The highest BCUT2D eigenvalue weighted by Crippen LogP contribution is 2.27. The molecule has 0 saturated carbocycles. The molecule has 2 aliphatic heterocycles. The van der Waals surface area contributed by atoms with Gasteiger partial charge in [-0.3, -0.25) is 9.80 Å². The third-order valence-corrected chi connectivity index (χ3v) is 5.21. The molecule has 0 radical (unpaired) electrons. The Morgan fingerprint density at radius 3 is 2.87 bits per heavy atom. The standard InChI is InChI=1S/C17H24Cl2N2O2/c18-13-4-5-17(16(19)9-13)23-12-15(22)11-20-6-2-8-21-7-1-3-14(21)10-20/h4-5,9,14-15,22H,1-3,6-8,10-12H2. The predicted molar refractivity (Wildman–Crippen MR) is 93.6 cm³/mol. The minimum Gasteiger partial charge on any atom is -0.489 e. The van der Waals surface area contributed by atoms with Crippen LogP contribution in [0.5, 0.6) is 5.75 Å². The van der Waals surface area contributed by atoms with Gasteiger partial charge in [0.1, 0.15) is 18.5 Å². The van der Waals surface area contributed by atoms with E-state index < -0.39 is 6.10 Å². The largest absolute Gasteiger partial charge is 0.489 e. The minimum absolute atomic E-state index is 0.242. The van der Waals surface area contributed by atoms with Crippen molar-refractivity contribution in [1.29, 1.82) is 0 Å². The average Bonchev–Trinajstić information content (AvgIpc) is 2.85. The first-order valence-electron chi connectivity index (χ1n) is 8.34. The van der Waals surface area contributed by atoms with Crippen LogP contribution in [0.1, 0.15) is 19.3 Å². The maximum absolute atomic E-state index is 10.3. The fourth-order valence-corrected chi connectivity index (χ4v) is 4.04. The van der Waals surface area contributed by atoms with Crippen LogP contribution in [-0.2, 0) is 0 Å². The van der Waals surface area contributed by atoms with Gasteiger partial charge in [0.2, 0.25) is 0 Å². The molecule has 0 amide bonds. The number of hydrogen-bond acceptors (Lipinski definition) is 4. The molecule has 1 N–H and O–H groups in total. The Morgan fingerprint density at radius 2 is 2.04 bits per heavy atom. The molecular formula is C17H24Cl2N2O2. The molecule has 0 aromatic heterocycles. The maximum atomic E-state index is 10.3. The van der Waals surface area contributed by atoms with E-state index in [2.05, 4.69) is 9.80 Å². The van der Waals surface area contributed by atoms with E-state index in [1.54, 1.807) is 18.2 Å². The molecule has 6 heteroatoms. The van der Waals surface area contributed by atoms with Gasteiger partial charge in [0.05, 0.1) is 5.02 Å². The van der Waals surface area contributed by atoms with E-state index in [0.29, 0.717) is 28.4 Å². The Kier molecular flexibility index (Phi) is 6.05. The summed E-state index contributed by atoms with van der Waals surface area (Å²) in [5, 5.41) is 11.3. The van der Waals surface area contributed by atoms with Crippen molar-refractivity contribution >= 4 is 23.2 Å². The lowest BCUT2D eigenvalue weighted by Gasteiger charge is -2.27. The second-order valence-corrected chi connectivity index (χ2v) is 7.33. The molecule has 1 aromatic carbocycles. The highest BCUT2D eigenvalue weighted by Gasteiger charge is 2.29. The summed E-state index contributed by atoms with van der Waals surface area (Å²) >= 11 is 11.9. The van der Waals surface area contributed by atoms with Crippen molar-refractivity contribution < 1.29 is 9.84 Å². The molecule has 2 saturated heterocycles. The minimum atomic E-state index is -0.519. The molecular weight excluding hydrogens is 335 g/mol. The van der Waals surface area contributed by atoms with Crippen LogP contribution < -0.4 is 4.74 Å². The van der Waals surface area contributed by atoms with E-state index >= 15 is 0 Å². The van der Waals surface area contributed by atoms with Gasteiger partial charge in [0, 0.05) is 24.2 Å². The van der Waals surface area contributed by atoms with Crippen LogP contribution in [0.15, 0.2) is 18.2 Å². The summed E-state index contributed by atoms with van der Waals surface area (Å²) in [6.07, 6.45) is 3.24. The lowest BCUT2D eigenvalue weighted by atomic mass is 10.2. The van der Waals surface area contributed by atoms with E-state index in [1.807, 2.05) is 0 Å². The van der Waals surface area contributed by atoms with E-state index in [-0.39, 0.29) is 6.61 Å². The second kappa shape index (κ2) is 8.04. The van der Waals surface area contributed by atoms with Crippen molar-refractivity contribution in [3.63, 3.8) is 0 Å². The van der Waals surface area contributed by atoms with Crippen molar-refractivity contribution in [1.82, 2.24) is 9.80 Å². The molecule has 128 valence electrons. The van der Waals surface area contributed by atoms with Crippen molar-refractivity contribution in [2.45, 2.75) is 31.4 Å². The zero-order chi connectivity index (χ0) is 16.2. The SMILES string of the molecule is OC(COc1ccc(Cl)cc1Cl)CN1CCCN2CCCC2C1. The van der Waals surface area contributed by atoms with Crippen molar-refractivity contribution in [3.8, 4) is 5.75 Å². The fourth-order valence-electron chi connectivity index (χ4n) is 3.58. The van der Waals surface area contributed by atoms with Gasteiger partial charge >= 0.3 is 0 Å². The van der Waals surface area contributed by atoms with Crippen LogP contribution in [0.4, 0.5) is 0 Å². The summed E-state index contributed by atoms with van der Waals surface area (Å²) in [6, 6.07) is 5.78. The summed E-state index contributed by atoms with van der Waals surface area (Å²) in [5.41, 5.74) is 0.